The quantitative estimate of drug-likeness (QED) is 0.906. The molecule has 1 unspecified atom stereocenters. The van der Waals surface area contributed by atoms with Crippen molar-refractivity contribution in [2.75, 3.05) is 0 Å². The van der Waals surface area contributed by atoms with Gasteiger partial charge in [0.05, 0.1) is 5.60 Å². The van der Waals surface area contributed by atoms with Crippen LogP contribution in [0.3, 0.4) is 0 Å². The third-order valence-electron chi connectivity index (χ3n) is 3.32. The molecule has 0 aliphatic carbocycles. The molecule has 0 aromatic heterocycles. The van der Waals surface area contributed by atoms with Gasteiger partial charge < -0.3 is 9.84 Å². The average molecular weight is 276 g/mol. The van der Waals surface area contributed by atoms with Gasteiger partial charge in [0.15, 0.2) is 0 Å². The van der Waals surface area contributed by atoms with E-state index in [-0.39, 0.29) is 11.2 Å². The van der Waals surface area contributed by atoms with E-state index in [4.69, 9.17) is 0 Å². The van der Waals surface area contributed by atoms with Crippen LogP contribution < -0.4 is 4.74 Å². The van der Waals surface area contributed by atoms with Crippen LogP contribution in [-0.2, 0) is 6.42 Å². The van der Waals surface area contributed by atoms with Gasteiger partial charge in [-0.2, -0.15) is 0 Å². The van der Waals surface area contributed by atoms with Crippen molar-refractivity contribution in [2.45, 2.75) is 46.1 Å². The monoisotopic (exact) mass is 276 g/mol. The standard InChI is InChI=1S/C14H19F3O2/c1-12(2,3)13(4,18)9-10-5-7-11(8-6-10)19-14(15,16)17/h5-8,18H,9H2,1-4H3. The first kappa shape index (κ1) is 15.8. The first-order valence-corrected chi connectivity index (χ1v) is 5.98. The normalized spacial score (nSPS) is 16.0. The Morgan fingerprint density at radius 1 is 1.00 bits per heavy atom. The molecule has 1 N–H and O–H groups in total. The van der Waals surface area contributed by atoms with Gasteiger partial charge in [-0.05, 0) is 30.0 Å². The molecule has 0 spiro atoms. The largest absolute Gasteiger partial charge is 0.573 e. The molecule has 0 heterocycles. The van der Waals surface area contributed by atoms with Crippen molar-refractivity contribution in [1.29, 1.82) is 0 Å². The van der Waals surface area contributed by atoms with Crippen molar-refractivity contribution >= 4 is 0 Å². The highest BCUT2D eigenvalue weighted by molar-refractivity contribution is 5.28. The fraction of sp³-hybridized carbons (Fsp3) is 0.571. The lowest BCUT2D eigenvalue weighted by Gasteiger charge is -2.37. The summed E-state index contributed by atoms with van der Waals surface area (Å²) in [5.41, 5.74) is -0.512. The molecule has 5 heteroatoms. The van der Waals surface area contributed by atoms with Crippen LogP contribution in [0.1, 0.15) is 33.3 Å². The molecule has 0 aliphatic rings. The van der Waals surface area contributed by atoms with Gasteiger partial charge >= 0.3 is 6.36 Å². The van der Waals surface area contributed by atoms with Crippen LogP contribution >= 0.6 is 0 Å². The Hall–Kier alpha value is -1.23. The van der Waals surface area contributed by atoms with Crippen molar-refractivity contribution in [3.8, 4) is 5.75 Å². The average Bonchev–Trinajstić information content (AvgIpc) is 2.16. The van der Waals surface area contributed by atoms with E-state index in [0.29, 0.717) is 6.42 Å². The summed E-state index contributed by atoms with van der Waals surface area (Å²) < 4.78 is 39.8. The third kappa shape index (κ3) is 4.74. The van der Waals surface area contributed by atoms with Gasteiger partial charge in [0.1, 0.15) is 5.75 Å². The minimum Gasteiger partial charge on any atom is -0.406 e. The number of benzene rings is 1. The maximum absolute atomic E-state index is 12.0. The van der Waals surface area contributed by atoms with Crippen LogP contribution in [0.15, 0.2) is 24.3 Å². The first-order chi connectivity index (χ1) is 8.41. The summed E-state index contributed by atoms with van der Waals surface area (Å²) in [6, 6.07) is 5.56. The predicted octanol–water partition coefficient (Wildman–Crippen LogP) is 3.92. The molecule has 19 heavy (non-hydrogen) atoms. The van der Waals surface area contributed by atoms with Gasteiger partial charge in [-0.1, -0.05) is 32.9 Å². The van der Waals surface area contributed by atoms with Crippen molar-refractivity contribution in [2.24, 2.45) is 5.41 Å². The highest BCUT2D eigenvalue weighted by Crippen LogP contribution is 2.33. The van der Waals surface area contributed by atoms with E-state index in [0.717, 1.165) is 5.56 Å². The third-order valence-corrected chi connectivity index (χ3v) is 3.32. The number of alkyl halides is 3. The lowest BCUT2D eigenvalue weighted by Crippen LogP contribution is -2.41. The van der Waals surface area contributed by atoms with Crippen LogP contribution in [0.2, 0.25) is 0 Å². The zero-order chi connectivity index (χ0) is 14.9. The molecule has 0 bridgehead atoms. The Bertz CT molecular complexity index is 414. The van der Waals surface area contributed by atoms with Crippen molar-refractivity contribution in [3.63, 3.8) is 0 Å². The second-order valence-corrected chi connectivity index (χ2v) is 5.89. The maximum atomic E-state index is 12.0. The SMILES string of the molecule is CC(C)(C)C(C)(O)Cc1ccc(OC(F)(F)F)cc1. The Morgan fingerprint density at radius 2 is 1.47 bits per heavy atom. The highest BCUT2D eigenvalue weighted by atomic mass is 19.4. The zero-order valence-corrected chi connectivity index (χ0v) is 11.5. The van der Waals surface area contributed by atoms with Crippen LogP contribution in [0.25, 0.3) is 0 Å². The molecular weight excluding hydrogens is 257 g/mol. The van der Waals surface area contributed by atoms with E-state index in [9.17, 15) is 18.3 Å². The van der Waals surface area contributed by atoms with E-state index >= 15 is 0 Å². The number of hydrogen-bond donors (Lipinski definition) is 1. The second kappa shape index (κ2) is 5.04. The fourth-order valence-corrected chi connectivity index (χ4v) is 1.47. The van der Waals surface area contributed by atoms with Gasteiger partial charge in [-0.15, -0.1) is 13.2 Å². The molecule has 108 valence electrons. The van der Waals surface area contributed by atoms with Gasteiger partial charge in [-0.3, -0.25) is 0 Å². The molecule has 1 rings (SSSR count). The van der Waals surface area contributed by atoms with Crippen LogP contribution in [0, 0.1) is 5.41 Å². The summed E-state index contributed by atoms with van der Waals surface area (Å²) in [5, 5.41) is 10.3. The number of halogens is 3. The molecule has 1 aromatic rings. The number of ether oxygens (including phenoxy) is 1. The molecule has 0 saturated heterocycles. The number of hydrogen-bond acceptors (Lipinski definition) is 2. The van der Waals surface area contributed by atoms with Gasteiger partial charge in [-0.25, -0.2) is 0 Å². The molecule has 0 aliphatic heterocycles. The van der Waals surface area contributed by atoms with E-state index in [1.807, 2.05) is 20.8 Å². The van der Waals surface area contributed by atoms with Crippen LogP contribution in [-0.4, -0.2) is 17.1 Å². The summed E-state index contributed by atoms with van der Waals surface area (Å²) >= 11 is 0. The summed E-state index contributed by atoms with van der Waals surface area (Å²) in [5.74, 6) is -0.258. The lowest BCUT2D eigenvalue weighted by molar-refractivity contribution is -0.274. The minimum atomic E-state index is -4.68. The molecular formula is C14H19F3O2. The summed E-state index contributed by atoms with van der Waals surface area (Å²) in [7, 11) is 0. The smallest absolute Gasteiger partial charge is 0.406 e. The molecule has 0 fully saturated rings. The summed E-state index contributed by atoms with van der Waals surface area (Å²) in [6.07, 6.45) is -4.32. The molecule has 0 saturated carbocycles. The first-order valence-electron chi connectivity index (χ1n) is 5.98. The molecule has 0 amide bonds. The van der Waals surface area contributed by atoms with Crippen LogP contribution in [0.4, 0.5) is 13.2 Å². The van der Waals surface area contributed by atoms with E-state index in [1.54, 1.807) is 6.92 Å². The van der Waals surface area contributed by atoms with E-state index in [1.165, 1.54) is 24.3 Å². The Balaban J connectivity index is 2.78. The Morgan fingerprint density at radius 3 is 1.84 bits per heavy atom. The fourth-order valence-electron chi connectivity index (χ4n) is 1.47. The molecule has 1 atom stereocenters. The van der Waals surface area contributed by atoms with Gasteiger partial charge in [0, 0.05) is 6.42 Å². The highest BCUT2D eigenvalue weighted by Gasteiger charge is 2.35. The second-order valence-electron chi connectivity index (χ2n) is 5.89. The van der Waals surface area contributed by atoms with Crippen LogP contribution in [0.5, 0.6) is 5.75 Å². The molecule has 1 aromatic carbocycles. The maximum Gasteiger partial charge on any atom is 0.573 e. The minimum absolute atomic E-state index is 0.258. The van der Waals surface area contributed by atoms with Crippen molar-refractivity contribution in [1.82, 2.24) is 0 Å². The summed E-state index contributed by atoms with van der Waals surface area (Å²) in [6.45, 7) is 7.45. The van der Waals surface area contributed by atoms with Gasteiger partial charge in [0.25, 0.3) is 0 Å². The predicted molar refractivity (Wildman–Crippen MR) is 66.9 cm³/mol. The Kier molecular flexibility index (Phi) is 4.20. The zero-order valence-electron chi connectivity index (χ0n) is 11.5. The molecule has 2 nitrogen and oxygen atoms in total. The van der Waals surface area contributed by atoms with Crippen molar-refractivity contribution in [3.05, 3.63) is 29.8 Å². The summed E-state index contributed by atoms with van der Waals surface area (Å²) in [4.78, 5) is 0. The molecule has 0 radical (unpaired) electrons. The number of rotatable bonds is 3. The van der Waals surface area contributed by atoms with Gasteiger partial charge in [0.2, 0.25) is 0 Å². The topological polar surface area (TPSA) is 29.5 Å². The van der Waals surface area contributed by atoms with E-state index in [2.05, 4.69) is 4.74 Å². The van der Waals surface area contributed by atoms with Crippen molar-refractivity contribution < 1.29 is 23.0 Å². The van der Waals surface area contributed by atoms with E-state index < -0.39 is 12.0 Å². The number of aliphatic hydroxyl groups is 1. The lowest BCUT2D eigenvalue weighted by atomic mass is 9.74. The Labute approximate surface area is 111 Å².